The minimum Gasteiger partial charge on any atom is -0.511 e. The van der Waals surface area contributed by atoms with Crippen LogP contribution in [0.1, 0.15) is 34.3 Å². The van der Waals surface area contributed by atoms with Crippen molar-refractivity contribution in [2.24, 2.45) is 17.6 Å². The highest BCUT2D eigenvalue weighted by molar-refractivity contribution is 6.24. The molecule has 40 heavy (non-hydrogen) atoms. The molecule has 3 atom stereocenters. The second-order valence-corrected chi connectivity index (χ2v) is 10.5. The van der Waals surface area contributed by atoms with Crippen LogP contribution in [0.2, 0.25) is 0 Å². The molecule has 3 aliphatic carbocycles. The molecule has 12 heteroatoms. The number of phenolic OH excluding ortho intramolecular Hbond substituents is 1. The summed E-state index contributed by atoms with van der Waals surface area (Å²) in [6.45, 7) is 0. The number of aromatic hydroxyl groups is 1. The number of carbonyl (C=O) groups is 3. The molecule has 2 aromatic rings. The van der Waals surface area contributed by atoms with Crippen molar-refractivity contribution < 1.29 is 48.0 Å². The van der Waals surface area contributed by atoms with E-state index >= 15 is 0 Å². The fourth-order valence-electron chi connectivity index (χ4n) is 6.13. The summed E-state index contributed by atoms with van der Waals surface area (Å²) in [5.74, 6) is -7.41. The molecule has 9 nitrogen and oxygen atoms in total. The Morgan fingerprint density at radius 1 is 1.07 bits per heavy atom. The fraction of sp³-hybridized carbons (Fsp3) is 0.321. The molecule has 210 valence electrons. The van der Waals surface area contributed by atoms with E-state index in [1.54, 1.807) is 25.1 Å². The van der Waals surface area contributed by atoms with E-state index in [0.717, 1.165) is 24.3 Å². The number of hydrogen-bond acceptors (Lipinski definition) is 8. The lowest BCUT2D eigenvalue weighted by atomic mass is 9.60. The van der Waals surface area contributed by atoms with Crippen LogP contribution in [-0.4, -0.2) is 57.6 Å². The van der Waals surface area contributed by atoms with E-state index in [9.17, 15) is 48.0 Å². The predicted molar refractivity (Wildman–Crippen MR) is 136 cm³/mol. The van der Waals surface area contributed by atoms with Gasteiger partial charge >= 0.3 is 6.18 Å². The Bertz CT molecular complexity index is 1560. The van der Waals surface area contributed by atoms with E-state index < -0.39 is 69.5 Å². The number of anilines is 1. The Hall–Kier alpha value is -4.32. The average molecular weight is 559 g/mol. The van der Waals surface area contributed by atoms with E-state index in [4.69, 9.17) is 5.73 Å². The molecule has 0 spiro atoms. The van der Waals surface area contributed by atoms with E-state index in [0.29, 0.717) is 11.3 Å². The second kappa shape index (κ2) is 8.85. The number of ketones is 2. The summed E-state index contributed by atoms with van der Waals surface area (Å²) >= 11 is 0. The molecule has 5 rings (SSSR count). The van der Waals surface area contributed by atoms with Crippen LogP contribution in [0, 0.1) is 11.8 Å². The number of aliphatic hydroxyl groups is 3. The van der Waals surface area contributed by atoms with Gasteiger partial charge in [0.2, 0.25) is 5.78 Å². The summed E-state index contributed by atoms with van der Waals surface area (Å²) < 4.78 is 39.3. The largest absolute Gasteiger partial charge is 0.511 e. The van der Waals surface area contributed by atoms with Crippen LogP contribution in [0.4, 0.5) is 18.9 Å². The Kier molecular flexibility index (Phi) is 6.03. The number of phenols is 1. The van der Waals surface area contributed by atoms with Crippen LogP contribution in [0.5, 0.6) is 5.75 Å². The van der Waals surface area contributed by atoms with Gasteiger partial charge in [-0.1, -0.05) is 12.1 Å². The van der Waals surface area contributed by atoms with Gasteiger partial charge in [-0.25, -0.2) is 0 Å². The molecule has 0 radical (unpaired) electrons. The van der Waals surface area contributed by atoms with Gasteiger partial charge in [0.05, 0.1) is 11.1 Å². The standard InChI is InChI=1S/C28H25F3N2O7/c1-33(2)17-10-15(11-3-5-13(6-4-11)28(29,30)31)22(35)20-16(17)8-12-7-14-9-18(34)21(26(32)39)25(38)27(14,40)24(37)19(12)23(20)36/h3-6,10,12,14,34-35,37,40H,7-9H2,1-2H3,(H2,32,39)/t12-,14+,27+/m1/s1. The monoisotopic (exact) mass is 558 g/mol. The molecule has 0 unspecified atom stereocenters. The predicted octanol–water partition coefficient (Wildman–Crippen LogP) is 3.33. The van der Waals surface area contributed by atoms with Crippen molar-refractivity contribution in [1.29, 1.82) is 0 Å². The molecule has 0 saturated carbocycles. The summed E-state index contributed by atoms with van der Waals surface area (Å²) in [6.07, 6.45) is -4.83. The SMILES string of the molecule is CN(C)c1cc(-c2ccc(C(F)(F)F)cc2)c(O)c2c1C[C@H]1C[C@H]3CC(O)=C(C(N)=O)C(=O)[C@@]3(O)C(O)=C1C2=O. The number of aliphatic hydroxyl groups excluding tert-OH is 2. The maximum Gasteiger partial charge on any atom is 0.416 e. The Labute approximate surface area is 225 Å². The molecule has 0 heterocycles. The summed E-state index contributed by atoms with van der Waals surface area (Å²) in [6, 6.07) is 5.57. The number of benzene rings is 2. The lowest BCUT2D eigenvalue weighted by Crippen LogP contribution is -2.57. The maximum absolute atomic E-state index is 13.9. The first kappa shape index (κ1) is 27.3. The van der Waals surface area contributed by atoms with Gasteiger partial charge in [0, 0.05) is 43.3 Å². The number of halogens is 3. The van der Waals surface area contributed by atoms with Gasteiger partial charge in [-0.05, 0) is 48.1 Å². The van der Waals surface area contributed by atoms with Gasteiger partial charge < -0.3 is 31.1 Å². The third kappa shape index (κ3) is 3.77. The molecule has 0 aliphatic heterocycles. The number of fused-ring (bicyclic) bond motifs is 3. The van der Waals surface area contributed by atoms with Crippen molar-refractivity contribution in [2.45, 2.75) is 31.0 Å². The number of alkyl halides is 3. The highest BCUT2D eigenvalue weighted by Crippen LogP contribution is 2.53. The average Bonchev–Trinajstić information content (AvgIpc) is 2.85. The molecule has 6 N–H and O–H groups in total. The topological polar surface area (TPSA) is 161 Å². The van der Waals surface area contributed by atoms with Crippen molar-refractivity contribution in [3.63, 3.8) is 0 Å². The minimum atomic E-state index is -4.57. The van der Waals surface area contributed by atoms with Gasteiger partial charge in [-0.15, -0.1) is 0 Å². The van der Waals surface area contributed by atoms with Crippen LogP contribution in [-0.2, 0) is 22.2 Å². The first-order chi connectivity index (χ1) is 18.6. The molecule has 0 saturated heterocycles. The van der Waals surface area contributed by atoms with Gasteiger partial charge in [0.15, 0.2) is 11.4 Å². The molecule has 2 aromatic carbocycles. The smallest absolute Gasteiger partial charge is 0.416 e. The third-order valence-corrected chi connectivity index (χ3v) is 8.04. The van der Waals surface area contributed by atoms with Crippen molar-refractivity contribution in [1.82, 2.24) is 0 Å². The number of amides is 1. The quantitative estimate of drug-likeness (QED) is 0.359. The summed E-state index contributed by atoms with van der Waals surface area (Å²) in [4.78, 5) is 40.5. The van der Waals surface area contributed by atoms with Crippen LogP contribution in [0.25, 0.3) is 11.1 Å². The number of Topliss-reactive ketones (excluding diaryl/α,β-unsaturated/α-hetero) is 2. The molecule has 0 fully saturated rings. The molecule has 0 bridgehead atoms. The Morgan fingerprint density at radius 3 is 2.25 bits per heavy atom. The highest BCUT2D eigenvalue weighted by atomic mass is 19.4. The van der Waals surface area contributed by atoms with Crippen LogP contribution < -0.4 is 10.6 Å². The first-order valence-corrected chi connectivity index (χ1v) is 12.3. The minimum absolute atomic E-state index is 0.0167. The van der Waals surface area contributed by atoms with E-state index in [-0.39, 0.29) is 41.5 Å². The highest BCUT2D eigenvalue weighted by Gasteiger charge is 2.59. The van der Waals surface area contributed by atoms with Gasteiger partial charge in [0.25, 0.3) is 5.91 Å². The van der Waals surface area contributed by atoms with Crippen molar-refractivity contribution in [2.75, 3.05) is 19.0 Å². The zero-order chi connectivity index (χ0) is 29.5. The molecular weight excluding hydrogens is 533 g/mol. The van der Waals surface area contributed by atoms with Crippen LogP contribution in [0.15, 0.2) is 53.0 Å². The van der Waals surface area contributed by atoms with E-state index in [1.165, 1.54) is 0 Å². The number of allylic oxidation sites excluding steroid dienone is 2. The zero-order valence-corrected chi connectivity index (χ0v) is 21.3. The number of hydrogen-bond donors (Lipinski definition) is 5. The summed E-state index contributed by atoms with van der Waals surface area (Å²) in [5.41, 5.74) is 1.37. The summed E-state index contributed by atoms with van der Waals surface area (Å²) in [7, 11) is 3.37. The Morgan fingerprint density at radius 2 is 1.70 bits per heavy atom. The normalized spacial score (nSPS) is 24.4. The number of primary amides is 1. The molecule has 3 aliphatic rings. The van der Waals surface area contributed by atoms with Gasteiger partial charge in [-0.2, -0.15) is 13.2 Å². The number of nitrogens with two attached hydrogens (primary N) is 1. The van der Waals surface area contributed by atoms with E-state index in [1.807, 2.05) is 0 Å². The van der Waals surface area contributed by atoms with Gasteiger partial charge in [-0.3, -0.25) is 14.4 Å². The third-order valence-electron chi connectivity index (χ3n) is 8.04. The van der Waals surface area contributed by atoms with Gasteiger partial charge in [0.1, 0.15) is 22.8 Å². The first-order valence-electron chi connectivity index (χ1n) is 12.3. The van der Waals surface area contributed by atoms with Crippen molar-refractivity contribution >= 4 is 23.2 Å². The number of rotatable bonds is 3. The van der Waals surface area contributed by atoms with Crippen LogP contribution >= 0.6 is 0 Å². The summed E-state index contributed by atoms with van der Waals surface area (Å²) in [5, 5.41) is 44.1. The number of carbonyl (C=O) groups excluding carboxylic acids is 3. The number of nitrogens with zero attached hydrogens (tertiary/aromatic N) is 1. The molecular formula is C28H25F3N2O7. The second-order valence-electron chi connectivity index (χ2n) is 10.5. The molecule has 0 aromatic heterocycles. The molecule has 1 amide bonds. The lowest BCUT2D eigenvalue weighted by Gasteiger charge is -2.46. The van der Waals surface area contributed by atoms with Crippen molar-refractivity contribution in [3.05, 3.63) is 69.7 Å². The van der Waals surface area contributed by atoms with Crippen LogP contribution in [0.3, 0.4) is 0 Å². The Balaban J connectivity index is 1.69. The lowest BCUT2D eigenvalue weighted by molar-refractivity contribution is -0.144. The van der Waals surface area contributed by atoms with Crippen molar-refractivity contribution in [3.8, 4) is 16.9 Å². The zero-order valence-electron chi connectivity index (χ0n) is 21.3. The maximum atomic E-state index is 13.9. The fourth-order valence-corrected chi connectivity index (χ4v) is 6.13. The van der Waals surface area contributed by atoms with E-state index in [2.05, 4.69) is 0 Å².